The second-order valence-corrected chi connectivity index (χ2v) is 8.99. The number of benzene rings is 1. The second-order valence-electron chi connectivity index (χ2n) is 8.01. The molecule has 2 aromatic heterocycles. The van der Waals surface area contributed by atoms with Gasteiger partial charge in [0, 0.05) is 17.5 Å². The molecule has 1 atom stereocenters. The Hall–Kier alpha value is -3.26. The SMILES string of the molecule is O=C(NC1CCCC1)C(c1cccs1)N(Cc1ccc2c(c1)OCO2)C(=O)c1ccco1. The van der Waals surface area contributed by atoms with Crippen LogP contribution in [0.4, 0.5) is 0 Å². The predicted octanol–water partition coefficient (Wildman–Crippen LogP) is 4.51. The average Bonchev–Trinajstić information content (AvgIpc) is 3.61. The summed E-state index contributed by atoms with van der Waals surface area (Å²) < 4.78 is 16.3. The van der Waals surface area contributed by atoms with Crippen molar-refractivity contribution in [2.24, 2.45) is 0 Å². The van der Waals surface area contributed by atoms with Gasteiger partial charge in [0.15, 0.2) is 17.3 Å². The second kappa shape index (κ2) is 9.08. The smallest absolute Gasteiger partial charge is 0.290 e. The summed E-state index contributed by atoms with van der Waals surface area (Å²) in [5.41, 5.74) is 0.837. The largest absolute Gasteiger partial charge is 0.459 e. The third kappa shape index (κ3) is 4.23. The summed E-state index contributed by atoms with van der Waals surface area (Å²) in [6.45, 7) is 0.395. The average molecular weight is 453 g/mol. The van der Waals surface area contributed by atoms with Crippen LogP contribution in [-0.4, -0.2) is 29.5 Å². The Morgan fingerprint density at radius 1 is 1.09 bits per heavy atom. The van der Waals surface area contributed by atoms with Gasteiger partial charge in [0.2, 0.25) is 12.7 Å². The molecule has 0 saturated heterocycles. The minimum absolute atomic E-state index is 0.149. The number of furan rings is 1. The first-order chi connectivity index (χ1) is 15.7. The van der Waals surface area contributed by atoms with Gasteiger partial charge in [-0.25, -0.2) is 0 Å². The number of amides is 2. The maximum absolute atomic E-state index is 13.5. The van der Waals surface area contributed by atoms with Crippen molar-refractivity contribution in [3.63, 3.8) is 0 Å². The number of nitrogens with zero attached hydrogens (tertiary/aromatic N) is 1. The van der Waals surface area contributed by atoms with Crippen molar-refractivity contribution in [3.05, 3.63) is 70.3 Å². The molecule has 2 amide bonds. The van der Waals surface area contributed by atoms with E-state index in [1.165, 1.54) is 17.6 Å². The van der Waals surface area contributed by atoms with Crippen LogP contribution in [0.3, 0.4) is 0 Å². The Bertz CT molecular complexity index is 1070. The first kappa shape index (κ1) is 20.6. The summed E-state index contributed by atoms with van der Waals surface area (Å²) in [6.07, 6.45) is 5.63. The molecule has 1 saturated carbocycles. The van der Waals surface area contributed by atoms with Gasteiger partial charge in [0.1, 0.15) is 6.04 Å². The zero-order chi connectivity index (χ0) is 21.9. The van der Waals surface area contributed by atoms with Crippen LogP contribution in [0.15, 0.2) is 58.5 Å². The van der Waals surface area contributed by atoms with E-state index in [1.807, 2.05) is 35.7 Å². The molecule has 0 bridgehead atoms. The van der Waals surface area contributed by atoms with Gasteiger partial charge in [-0.05, 0) is 54.1 Å². The fraction of sp³-hybridized carbons (Fsp3) is 0.333. The molecule has 3 heterocycles. The summed E-state index contributed by atoms with van der Waals surface area (Å²) in [7, 11) is 0. The van der Waals surface area contributed by atoms with Crippen LogP contribution < -0.4 is 14.8 Å². The molecular formula is C24H24N2O5S. The van der Waals surface area contributed by atoms with E-state index in [-0.39, 0.29) is 37.0 Å². The van der Waals surface area contributed by atoms with Crippen LogP contribution in [0.1, 0.15) is 52.7 Å². The van der Waals surface area contributed by atoms with E-state index in [4.69, 9.17) is 13.9 Å². The minimum Gasteiger partial charge on any atom is -0.459 e. The van der Waals surface area contributed by atoms with Crippen molar-refractivity contribution >= 4 is 23.2 Å². The van der Waals surface area contributed by atoms with Crippen molar-refractivity contribution in [3.8, 4) is 11.5 Å². The fourth-order valence-electron chi connectivity index (χ4n) is 4.28. The molecule has 166 valence electrons. The van der Waals surface area contributed by atoms with E-state index in [9.17, 15) is 9.59 Å². The highest BCUT2D eigenvalue weighted by Crippen LogP contribution is 2.35. The van der Waals surface area contributed by atoms with Gasteiger partial charge >= 0.3 is 0 Å². The summed E-state index contributed by atoms with van der Waals surface area (Å²) in [5.74, 6) is 0.996. The van der Waals surface area contributed by atoms with Gasteiger partial charge in [-0.1, -0.05) is 25.0 Å². The maximum Gasteiger partial charge on any atom is 0.290 e. The number of carbonyl (C=O) groups excluding carboxylic acids is 2. The Kier molecular flexibility index (Phi) is 5.85. The molecule has 1 fully saturated rings. The Labute approximate surface area is 189 Å². The zero-order valence-electron chi connectivity index (χ0n) is 17.5. The molecule has 1 aliphatic heterocycles. The van der Waals surface area contributed by atoms with Gasteiger partial charge in [-0.3, -0.25) is 9.59 Å². The van der Waals surface area contributed by atoms with Crippen LogP contribution in [0.2, 0.25) is 0 Å². The van der Waals surface area contributed by atoms with Gasteiger partial charge < -0.3 is 24.1 Å². The number of rotatable bonds is 7. The van der Waals surface area contributed by atoms with Crippen LogP contribution in [0.5, 0.6) is 11.5 Å². The Balaban J connectivity index is 1.49. The van der Waals surface area contributed by atoms with E-state index in [0.717, 1.165) is 36.1 Å². The van der Waals surface area contributed by atoms with Crippen molar-refractivity contribution in [1.82, 2.24) is 10.2 Å². The molecular weight excluding hydrogens is 428 g/mol. The highest BCUT2D eigenvalue weighted by molar-refractivity contribution is 7.10. The molecule has 1 unspecified atom stereocenters. The third-order valence-corrected chi connectivity index (χ3v) is 6.78. The number of carbonyl (C=O) groups is 2. The maximum atomic E-state index is 13.5. The lowest BCUT2D eigenvalue weighted by atomic mass is 10.1. The van der Waals surface area contributed by atoms with Crippen molar-refractivity contribution < 1.29 is 23.5 Å². The van der Waals surface area contributed by atoms with Crippen LogP contribution in [0.25, 0.3) is 0 Å². The Morgan fingerprint density at radius 3 is 2.69 bits per heavy atom. The van der Waals surface area contributed by atoms with Gasteiger partial charge in [0.25, 0.3) is 5.91 Å². The number of thiophene rings is 1. The third-order valence-electron chi connectivity index (χ3n) is 5.86. The quantitative estimate of drug-likeness (QED) is 0.570. The van der Waals surface area contributed by atoms with Gasteiger partial charge in [-0.15, -0.1) is 11.3 Å². The molecule has 1 aliphatic carbocycles. The molecule has 32 heavy (non-hydrogen) atoms. The van der Waals surface area contributed by atoms with E-state index >= 15 is 0 Å². The van der Waals surface area contributed by atoms with Crippen molar-refractivity contribution in [2.45, 2.75) is 44.3 Å². The first-order valence-corrected chi connectivity index (χ1v) is 11.6. The number of ether oxygens (including phenoxy) is 2. The van der Waals surface area contributed by atoms with Crippen LogP contribution in [0, 0.1) is 0 Å². The van der Waals surface area contributed by atoms with Crippen LogP contribution >= 0.6 is 11.3 Å². The molecule has 7 nitrogen and oxygen atoms in total. The zero-order valence-corrected chi connectivity index (χ0v) is 18.3. The molecule has 0 spiro atoms. The van der Waals surface area contributed by atoms with E-state index in [2.05, 4.69) is 5.32 Å². The van der Waals surface area contributed by atoms with E-state index in [0.29, 0.717) is 11.5 Å². The summed E-state index contributed by atoms with van der Waals surface area (Å²) in [4.78, 5) is 29.4. The lowest BCUT2D eigenvalue weighted by molar-refractivity contribution is -0.126. The fourth-order valence-corrected chi connectivity index (χ4v) is 5.11. The first-order valence-electron chi connectivity index (χ1n) is 10.8. The number of hydrogen-bond donors (Lipinski definition) is 1. The van der Waals surface area contributed by atoms with Gasteiger partial charge in [-0.2, -0.15) is 0 Å². The monoisotopic (exact) mass is 452 g/mol. The lowest BCUT2D eigenvalue weighted by Gasteiger charge is -2.31. The summed E-state index contributed by atoms with van der Waals surface area (Å²) in [6, 6.07) is 12.0. The van der Waals surface area contributed by atoms with Crippen LogP contribution in [-0.2, 0) is 11.3 Å². The summed E-state index contributed by atoms with van der Waals surface area (Å²) >= 11 is 1.46. The number of hydrogen-bond acceptors (Lipinski definition) is 6. The minimum atomic E-state index is -0.765. The molecule has 1 aromatic carbocycles. The molecule has 8 heteroatoms. The highest BCUT2D eigenvalue weighted by Gasteiger charge is 2.35. The van der Waals surface area contributed by atoms with Crippen molar-refractivity contribution in [1.29, 1.82) is 0 Å². The molecule has 0 radical (unpaired) electrons. The number of nitrogens with one attached hydrogen (secondary N) is 1. The number of fused-ring (bicyclic) bond motifs is 1. The summed E-state index contributed by atoms with van der Waals surface area (Å²) in [5, 5.41) is 5.09. The van der Waals surface area contributed by atoms with E-state index < -0.39 is 6.04 Å². The van der Waals surface area contributed by atoms with E-state index in [1.54, 1.807) is 17.0 Å². The van der Waals surface area contributed by atoms with Gasteiger partial charge in [0.05, 0.1) is 6.26 Å². The lowest BCUT2D eigenvalue weighted by Crippen LogP contribution is -2.45. The topological polar surface area (TPSA) is 81.0 Å². The molecule has 5 rings (SSSR count). The Morgan fingerprint density at radius 2 is 1.94 bits per heavy atom. The highest BCUT2D eigenvalue weighted by atomic mass is 32.1. The molecule has 2 aliphatic rings. The molecule has 1 N–H and O–H groups in total. The normalized spacial score (nSPS) is 16.1. The standard InChI is InChI=1S/C24H24N2O5S/c27-23(25-17-5-1-2-6-17)22(21-8-4-12-32-21)26(24(28)19-7-3-11-29-19)14-16-9-10-18-20(13-16)31-15-30-18/h3-4,7-13,17,22H,1-2,5-6,14-15H2,(H,25,27). The van der Waals surface area contributed by atoms with Crippen molar-refractivity contribution in [2.75, 3.05) is 6.79 Å². The molecule has 3 aromatic rings. The predicted molar refractivity (Wildman–Crippen MR) is 119 cm³/mol.